The topological polar surface area (TPSA) is 66.6 Å². The van der Waals surface area contributed by atoms with E-state index in [9.17, 15) is 4.79 Å². The molecular weight excluding hydrogens is 240 g/mol. The summed E-state index contributed by atoms with van der Waals surface area (Å²) < 4.78 is 0. The smallest absolute Gasteiger partial charge is 0.321 e. The van der Waals surface area contributed by atoms with Crippen molar-refractivity contribution in [3.05, 3.63) is 34.9 Å². The number of hydrogen-bond acceptors (Lipinski definition) is 3. The molecule has 0 saturated heterocycles. The Labute approximate surface area is 106 Å². The van der Waals surface area contributed by atoms with Gasteiger partial charge in [-0.05, 0) is 25.6 Å². The number of nitrogens with zero attached hydrogens (tertiary/aromatic N) is 1. The first-order valence-corrected chi connectivity index (χ1v) is 5.74. The predicted molar refractivity (Wildman–Crippen MR) is 68.1 cm³/mol. The fraction of sp³-hybridized carbons (Fsp3) is 0.417. The van der Waals surface area contributed by atoms with Gasteiger partial charge in [0, 0.05) is 17.6 Å². The van der Waals surface area contributed by atoms with Crippen molar-refractivity contribution in [2.45, 2.75) is 19.0 Å². The van der Waals surface area contributed by atoms with E-state index in [4.69, 9.17) is 22.4 Å². The third-order valence-electron chi connectivity index (χ3n) is 2.82. The first-order valence-electron chi connectivity index (χ1n) is 5.36. The number of rotatable bonds is 5. The molecule has 1 rings (SSSR count). The molecule has 1 aromatic rings. The molecule has 0 heterocycles. The van der Waals surface area contributed by atoms with Crippen LogP contribution in [-0.2, 0) is 4.79 Å². The van der Waals surface area contributed by atoms with Gasteiger partial charge in [0.05, 0.1) is 0 Å². The Bertz CT molecular complexity index is 398. The van der Waals surface area contributed by atoms with Crippen LogP contribution in [0.4, 0.5) is 0 Å². The molecule has 1 aromatic carbocycles. The number of carboxylic acid groups (broad SMARTS) is 1. The van der Waals surface area contributed by atoms with Gasteiger partial charge in [0.1, 0.15) is 6.04 Å². The average Bonchev–Trinajstić information content (AvgIpc) is 2.28. The number of halogens is 1. The maximum atomic E-state index is 10.7. The Hall–Kier alpha value is -1.10. The van der Waals surface area contributed by atoms with Gasteiger partial charge < -0.3 is 10.8 Å². The highest BCUT2D eigenvalue weighted by Gasteiger charge is 2.19. The molecule has 0 aliphatic carbocycles. The lowest BCUT2D eigenvalue weighted by Gasteiger charge is -2.27. The van der Waals surface area contributed by atoms with E-state index in [1.807, 2.05) is 43.1 Å². The molecule has 0 amide bonds. The van der Waals surface area contributed by atoms with Gasteiger partial charge in [-0.1, -0.05) is 29.8 Å². The summed E-state index contributed by atoms with van der Waals surface area (Å²) in [6.45, 7) is 2.25. The molecule has 4 nitrogen and oxygen atoms in total. The van der Waals surface area contributed by atoms with Crippen molar-refractivity contribution < 1.29 is 9.90 Å². The Kier molecular flexibility index (Phi) is 4.93. The summed E-state index contributed by atoms with van der Waals surface area (Å²) in [5.41, 5.74) is 6.46. The second kappa shape index (κ2) is 6.00. The zero-order valence-corrected chi connectivity index (χ0v) is 10.7. The SMILES string of the molecule is CC(c1ccccc1Cl)N(C)CC(N)C(=O)O. The molecule has 0 spiro atoms. The highest BCUT2D eigenvalue weighted by molar-refractivity contribution is 6.31. The van der Waals surface area contributed by atoms with Crippen molar-refractivity contribution in [3.63, 3.8) is 0 Å². The van der Waals surface area contributed by atoms with Gasteiger partial charge in [-0.2, -0.15) is 0 Å². The highest BCUT2D eigenvalue weighted by Crippen LogP contribution is 2.25. The number of hydrogen-bond donors (Lipinski definition) is 2. The van der Waals surface area contributed by atoms with Crippen LogP contribution in [0.25, 0.3) is 0 Å². The van der Waals surface area contributed by atoms with Crippen LogP contribution in [-0.4, -0.2) is 35.6 Å². The number of carbonyl (C=O) groups is 1. The minimum Gasteiger partial charge on any atom is -0.480 e. The third-order valence-corrected chi connectivity index (χ3v) is 3.16. The average molecular weight is 257 g/mol. The van der Waals surface area contributed by atoms with E-state index in [0.29, 0.717) is 5.02 Å². The Balaban J connectivity index is 2.73. The Morgan fingerprint density at radius 2 is 2.12 bits per heavy atom. The Morgan fingerprint density at radius 1 is 1.53 bits per heavy atom. The molecule has 2 unspecified atom stereocenters. The summed E-state index contributed by atoms with van der Waals surface area (Å²) in [7, 11) is 1.83. The number of aliphatic carboxylic acids is 1. The standard InChI is InChI=1S/C12H17ClN2O2/c1-8(9-5-3-4-6-10(9)13)15(2)7-11(14)12(16)17/h3-6,8,11H,7,14H2,1-2H3,(H,16,17). The Morgan fingerprint density at radius 3 is 2.65 bits per heavy atom. The van der Waals surface area contributed by atoms with Crippen LogP contribution in [0.5, 0.6) is 0 Å². The van der Waals surface area contributed by atoms with Crippen molar-refractivity contribution >= 4 is 17.6 Å². The largest absolute Gasteiger partial charge is 0.480 e. The molecule has 0 aliphatic rings. The van der Waals surface area contributed by atoms with Crippen molar-refractivity contribution in [3.8, 4) is 0 Å². The van der Waals surface area contributed by atoms with Crippen LogP contribution >= 0.6 is 11.6 Å². The van der Waals surface area contributed by atoms with Crippen molar-refractivity contribution in [2.75, 3.05) is 13.6 Å². The molecule has 2 atom stereocenters. The van der Waals surface area contributed by atoms with Gasteiger partial charge in [-0.25, -0.2) is 0 Å². The predicted octanol–water partition coefficient (Wildman–Crippen LogP) is 1.74. The van der Waals surface area contributed by atoms with Gasteiger partial charge in [-0.15, -0.1) is 0 Å². The molecule has 0 bridgehead atoms. The second-order valence-electron chi connectivity index (χ2n) is 4.08. The maximum Gasteiger partial charge on any atom is 0.321 e. The molecule has 17 heavy (non-hydrogen) atoms. The fourth-order valence-electron chi connectivity index (χ4n) is 1.60. The monoisotopic (exact) mass is 256 g/mol. The van der Waals surface area contributed by atoms with Gasteiger partial charge >= 0.3 is 5.97 Å². The van der Waals surface area contributed by atoms with E-state index < -0.39 is 12.0 Å². The van der Waals surface area contributed by atoms with Gasteiger partial charge in [0.15, 0.2) is 0 Å². The molecular formula is C12H17ClN2O2. The lowest BCUT2D eigenvalue weighted by Crippen LogP contribution is -2.42. The molecule has 0 radical (unpaired) electrons. The van der Waals surface area contributed by atoms with Crippen molar-refractivity contribution in [1.29, 1.82) is 0 Å². The van der Waals surface area contributed by atoms with Crippen LogP contribution in [0.2, 0.25) is 5.02 Å². The van der Waals surface area contributed by atoms with E-state index in [2.05, 4.69) is 0 Å². The van der Waals surface area contributed by atoms with Crippen LogP contribution in [0.3, 0.4) is 0 Å². The number of carboxylic acids is 1. The van der Waals surface area contributed by atoms with Crippen molar-refractivity contribution in [2.24, 2.45) is 5.73 Å². The van der Waals surface area contributed by atoms with Crippen molar-refractivity contribution in [1.82, 2.24) is 4.90 Å². The number of likely N-dealkylation sites (N-methyl/N-ethyl adjacent to an activating group) is 1. The van der Waals surface area contributed by atoms with Crippen LogP contribution < -0.4 is 5.73 Å². The number of nitrogens with two attached hydrogens (primary N) is 1. The fourth-order valence-corrected chi connectivity index (χ4v) is 1.89. The van der Waals surface area contributed by atoms with Crippen LogP contribution in [0, 0.1) is 0 Å². The van der Waals surface area contributed by atoms with E-state index in [1.165, 1.54) is 0 Å². The van der Waals surface area contributed by atoms with Crippen LogP contribution in [0.1, 0.15) is 18.5 Å². The zero-order chi connectivity index (χ0) is 13.0. The van der Waals surface area contributed by atoms with E-state index in [1.54, 1.807) is 0 Å². The first kappa shape index (κ1) is 14.0. The summed E-state index contributed by atoms with van der Waals surface area (Å²) >= 11 is 6.09. The third kappa shape index (κ3) is 3.70. The summed E-state index contributed by atoms with van der Waals surface area (Å²) in [5.74, 6) is -0.997. The summed E-state index contributed by atoms with van der Waals surface area (Å²) in [6, 6.07) is 6.65. The van der Waals surface area contributed by atoms with Gasteiger partial charge in [-0.3, -0.25) is 9.69 Å². The second-order valence-corrected chi connectivity index (χ2v) is 4.49. The molecule has 0 fully saturated rings. The van der Waals surface area contributed by atoms with E-state index in [-0.39, 0.29) is 12.6 Å². The normalized spacial score (nSPS) is 14.6. The van der Waals surface area contributed by atoms with Gasteiger partial charge in [0.2, 0.25) is 0 Å². The lowest BCUT2D eigenvalue weighted by molar-refractivity contribution is -0.139. The minimum atomic E-state index is -0.997. The summed E-state index contributed by atoms with van der Waals surface area (Å²) in [4.78, 5) is 12.6. The quantitative estimate of drug-likeness (QED) is 0.842. The minimum absolute atomic E-state index is 0.0223. The van der Waals surface area contributed by atoms with Crippen LogP contribution in [0.15, 0.2) is 24.3 Å². The molecule has 94 valence electrons. The van der Waals surface area contributed by atoms with Gasteiger partial charge in [0.25, 0.3) is 0 Å². The van der Waals surface area contributed by atoms with E-state index >= 15 is 0 Å². The molecule has 3 N–H and O–H groups in total. The maximum absolute atomic E-state index is 10.7. The summed E-state index contributed by atoms with van der Waals surface area (Å²) in [6.07, 6.45) is 0. The molecule has 0 aliphatic heterocycles. The molecule has 5 heteroatoms. The zero-order valence-electron chi connectivity index (χ0n) is 9.93. The highest BCUT2D eigenvalue weighted by atomic mass is 35.5. The van der Waals surface area contributed by atoms with E-state index in [0.717, 1.165) is 5.56 Å². The molecule has 0 aromatic heterocycles. The molecule has 0 saturated carbocycles. The number of benzene rings is 1. The lowest BCUT2D eigenvalue weighted by atomic mass is 10.1. The summed E-state index contributed by atoms with van der Waals surface area (Å²) in [5, 5.41) is 9.44. The first-order chi connectivity index (χ1) is 7.93.